The van der Waals surface area contributed by atoms with Gasteiger partial charge in [0, 0.05) is 12.1 Å². The minimum atomic E-state index is -0.0566. The number of carbonyl (C=O) groups excluding carboxylic acids is 1. The van der Waals surface area contributed by atoms with Crippen LogP contribution in [0.4, 0.5) is 0 Å². The molecule has 0 aliphatic rings. The first kappa shape index (κ1) is 13.3. The highest BCUT2D eigenvalue weighted by atomic mass is 16.5. The van der Waals surface area contributed by atoms with Crippen LogP contribution < -0.4 is 4.74 Å². The van der Waals surface area contributed by atoms with Gasteiger partial charge in [-0.3, -0.25) is 9.48 Å². The minimum Gasteiger partial charge on any atom is -0.493 e. The van der Waals surface area contributed by atoms with Gasteiger partial charge in [0.1, 0.15) is 0 Å². The quantitative estimate of drug-likeness (QED) is 0.774. The van der Waals surface area contributed by atoms with E-state index < -0.39 is 0 Å². The first-order chi connectivity index (χ1) is 9.21. The monoisotopic (exact) mass is 258 g/mol. The van der Waals surface area contributed by atoms with Gasteiger partial charge in [0.2, 0.25) is 5.78 Å². The predicted molar refractivity (Wildman–Crippen MR) is 73.7 cm³/mol. The van der Waals surface area contributed by atoms with E-state index in [1.54, 1.807) is 18.0 Å². The summed E-state index contributed by atoms with van der Waals surface area (Å²) in [5.74, 6) is 0.463. The van der Waals surface area contributed by atoms with Crippen LogP contribution in [0, 0.1) is 0 Å². The van der Waals surface area contributed by atoms with Crippen LogP contribution in [0.25, 0.3) is 0 Å². The van der Waals surface area contributed by atoms with E-state index in [1.807, 2.05) is 31.2 Å². The van der Waals surface area contributed by atoms with Gasteiger partial charge in [-0.1, -0.05) is 31.2 Å². The maximum Gasteiger partial charge on any atom is 0.214 e. The zero-order valence-corrected chi connectivity index (χ0v) is 11.5. The van der Waals surface area contributed by atoms with E-state index in [0.29, 0.717) is 23.6 Å². The van der Waals surface area contributed by atoms with E-state index in [4.69, 9.17) is 4.74 Å². The third-order valence-electron chi connectivity index (χ3n) is 3.16. The van der Waals surface area contributed by atoms with E-state index in [9.17, 15) is 4.79 Å². The summed E-state index contributed by atoms with van der Waals surface area (Å²) < 4.78 is 6.87. The standard InChI is InChI=1S/C15H18N2O2/c1-4-11-6-8-12(9-7-11)15(18)14-13(19-3)10-16-17(14)5-2/h6-10H,4-5H2,1-3H3. The van der Waals surface area contributed by atoms with Crippen LogP contribution in [0.1, 0.15) is 35.5 Å². The lowest BCUT2D eigenvalue weighted by Gasteiger charge is -2.07. The SMILES string of the molecule is CCc1ccc(C(=O)c2c(OC)cnn2CC)cc1. The Labute approximate surface area is 113 Å². The molecule has 0 saturated carbocycles. The smallest absolute Gasteiger partial charge is 0.214 e. The summed E-state index contributed by atoms with van der Waals surface area (Å²) in [6, 6.07) is 7.67. The van der Waals surface area contributed by atoms with Crippen molar-refractivity contribution in [2.45, 2.75) is 26.8 Å². The first-order valence-electron chi connectivity index (χ1n) is 6.44. The molecule has 0 aliphatic carbocycles. The summed E-state index contributed by atoms with van der Waals surface area (Å²) in [5, 5.41) is 4.16. The normalized spacial score (nSPS) is 10.5. The number of methoxy groups -OCH3 is 1. The van der Waals surface area contributed by atoms with Crippen LogP contribution >= 0.6 is 0 Å². The Bertz CT molecular complexity index is 549. The molecule has 2 aromatic rings. The highest BCUT2D eigenvalue weighted by Crippen LogP contribution is 2.21. The number of aryl methyl sites for hydroxylation is 2. The molecule has 0 radical (unpaired) electrons. The summed E-state index contributed by atoms with van der Waals surface area (Å²) in [4.78, 5) is 12.5. The van der Waals surface area contributed by atoms with Crippen LogP contribution in [-0.4, -0.2) is 22.7 Å². The van der Waals surface area contributed by atoms with Crippen molar-refractivity contribution in [1.82, 2.24) is 9.78 Å². The Morgan fingerprint density at radius 2 is 1.95 bits per heavy atom. The molecule has 19 heavy (non-hydrogen) atoms. The molecule has 0 amide bonds. The summed E-state index contributed by atoms with van der Waals surface area (Å²) in [7, 11) is 1.55. The number of benzene rings is 1. The fourth-order valence-corrected chi connectivity index (χ4v) is 2.02. The molecule has 100 valence electrons. The summed E-state index contributed by atoms with van der Waals surface area (Å²) >= 11 is 0. The summed E-state index contributed by atoms with van der Waals surface area (Å²) in [6.45, 7) is 4.67. The number of rotatable bonds is 5. The van der Waals surface area contributed by atoms with Gasteiger partial charge in [-0.05, 0) is 18.9 Å². The molecule has 0 unspecified atom stereocenters. The highest BCUT2D eigenvalue weighted by Gasteiger charge is 2.20. The molecule has 0 spiro atoms. The summed E-state index contributed by atoms with van der Waals surface area (Å²) in [5.41, 5.74) is 2.38. The predicted octanol–water partition coefficient (Wildman–Crippen LogP) is 2.71. The van der Waals surface area contributed by atoms with Crippen molar-refractivity contribution in [1.29, 1.82) is 0 Å². The average molecular weight is 258 g/mol. The second-order valence-corrected chi connectivity index (χ2v) is 4.26. The van der Waals surface area contributed by atoms with Crippen LogP contribution in [-0.2, 0) is 13.0 Å². The van der Waals surface area contributed by atoms with Gasteiger partial charge in [-0.15, -0.1) is 0 Å². The average Bonchev–Trinajstić information content (AvgIpc) is 2.89. The fourth-order valence-electron chi connectivity index (χ4n) is 2.02. The van der Waals surface area contributed by atoms with Crippen LogP contribution in [0.15, 0.2) is 30.5 Å². The molecule has 2 rings (SSSR count). The van der Waals surface area contributed by atoms with Crippen LogP contribution in [0.2, 0.25) is 0 Å². The van der Waals surface area contributed by atoms with Crippen molar-refractivity contribution in [3.05, 3.63) is 47.3 Å². The first-order valence-corrected chi connectivity index (χ1v) is 6.44. The van der Waals surface area contributed by atoms with Crippen molar-refractivity contribution in [3.8, 4) is 5.75 Å². The molecule has 1 aromatic heterocycles. The molecule has 0 atom stereocenters. The van der Waals surface area contributed by atoms with Gasteiger partial charge < -0.3 is 4.74 Å². The Morgan fingerprint density at radius 3 is 2.47 bits per heavy atom. The molecule has 1 heterocycles. The third-order valence-corrected chi connectivity index (χ3v) is 3.16. The highest BCUT2D eigenvalue weighted by molar-refractivity contribution is 6.09. The van der Waals surface area contributed by atoms with Gasteiger partial charge >= 0.3 is 0 Å². The lowest BCUT2D eigenvalue weighted by Crippen LogP contribution is -2.11. The fraction of sp³-hybridized carbons (Fsp3) is 0.333. The second-order valence-electron chi connectivity index (χ2n) is 4.26. The van der Waals surface area contributed by atoms with E-state index in [2.05, 4.69) is 12.0 Å². The van der Waals surface area contributed by atoms with Crippen molar-refractivity contribution < 1.29 is 9.53 Å². The topological polar surface area (TPSA) is 44.1 Å². The van der Waals surface area contributed by atoms with Gasteiger partial charge in [-0.25, -0.2) is 0 Å². The number of carbonyl (C=O) groups is 1. The van der Waals surface area contributed by atoms with Gasteiger partial charge in [0.25, 0.3) is 0 Å². The Morgan fingerprint density at radius 1 is 1.26 bits per heavy atom. The maximum absolute atomic E-state index is 12.5. The van der Waals surface area contributed by atoms with E-state index in [0.717, 1.165) is 6.42 Å². The second kappa shape index (κ2) is 5.69. The number of ether oxygens (including phenoxy) is 1. The Balaban J connectivity index is 2.39. The van der Waals surface area contributed by atoms with Crippen LogP contribution in [0.3, 0.4) is 0 Å². The van der Waals surface area contributed by atoms with Crippen molar-refractivity contribution in [3.63, 3.8) is 0 Å². The number of aromatic nitrogens is 2. The van der Waals surface area contributed by atoms with E-state index in [-0.39, 0.29) is 5.78 Å². The maximum atomic E-state index is 12.5. The number of ketones is 1. The molecule has 1 aromatic carbocycles. The van der Waals surface area contributed by atoms with Gasteiger partial charge in [-0.2, -0.15) is 5.10 Å². The lowest BCUT2D eigenvalue weighted by molar-refractivity contribution is 0.102. The number of nitrogens with zero attached hydrogens (tertiary/aromatic N) is 2. The van der Waals surface area contributed by atoms with Gasteiger partial charge in [0.05, 0.1) is 13.3 Å². The van der Waals surface area contributed by atoms with Crippen LogP contribution in [0.5, 0.6) is 5.75 Å². The zero-order valence-electron chi connectivity index (χ0n) is 11.5. The van der Waals surface area contributed by atoms with E-state index >= 15 is 0 Å². The van der Waals surface area contributed by atoms with Crippen molar-refractivity contribution in [2.75, 3.05) is 7.11 Å². The minimum absolute atomic E-state index is 0.0566. The van der Waals surface area contributed by atoms with Gasteiger partial charge in [0.15, 0.2) is 11.4 Å². The molecule has 0 N–H and O–H groups in total. The lowest BCUT2D eigenvalue weighted by atomic mass is 10.0. The van der Waals surface area contributed by atoms with Crippen molar-refractivity contribution >= 4 is 5.78 Å². The molecule has 4 heteroatoms. The zero-order chi connectivity index (χ0) is 13.8. The molecule has 0 aliphatic heterocycles. The van der Waals surface area contributed by atoms with Crippen molar-refractivity contribution in [2.24, 2.45) is 0 Å². The largest absolute Gasteiger partial charge is 0.493 e. The number of hydrogen-bond acceptors (Lipinski definition) is 3. The third kappa shape index (κ3) is 2.52. The van der Waals surface area contributed by atoms with E-state index in [1.165, 1.54) is 5.56 Å². The molecular formula is C15H18N2O2. The molecule has 0 saturated heterocycles. The molecule has 4 nitrogen and oxygen atoms in total. The summed E-state index contributed by atoms with van der Waals surface area (Å²) in [6.07, 6.45) is 2.54. The molecule has 0 fully saturated rings. The Hall–Kier alpha value is -2.10. The molecular weight excluding hydrogens is 240 g/mol. The number of hydrogen-bond donors (Lipinski definition) is 0. The molecule has 0 bridgehead atoms. The Kier molecular flexibility index (Phi) is 4.00.